The maximum Gasteiger partial charge on any atom is 0.265 e. The van der Waals surface area contributed by atoms with Crippen molar-refractivity contribution in [1.29, 1.82) is 0 Å². The summed E-state index contributed by atoms with van der Waals surface area (Å²) in [6.07, 6.45) is 1.40. The second-order valence-electron chi connectivity index (χ2n) is 12.4. The first-order valence-electron chi connectivity index (χ1n) is 14.9. The highest BCUT2D eigenvalue weighted by atomic mass is 79.9. The molecule has 0 amide bonds. The summed E-state index contributed by atoms with van der Waals surface area (Å²) in [5.41, 5.74) is 7.69. The fraction of sp³-hybridized carbons (Fsp3) is 0.469. The van der Waals surface area contributed by atoms with Crippen molar-refractivity contribution in [1.82, 2.24) is 10.1 Å². The molecule has 1 aliphatic heterocycles. The van der Waals surface area contributed by atoms with Gasteiger partial charge < -0.3 is 19.9 Å². The number of carbonyl (C=O) groups is 1. The predicted molar refractivity (Wildman–Crippen MR) is 173 cm³/mol. The molecule has 1 saturated heterocycles. The number of alkyl halides is 1. The van der Waals surface area contributed by atoms with Gasteiger partial charge in [0.1, 0.15) is 5.82 Å². The number of halogens is 2. The molecule has 2 saturated carbocycles. The number of aromatic nitrogens is 1. The Balaban J connectivity index is 0.000000211. The molecular weight excluding hydrogens is 667 g/mol. The van der Waals surface area contributed by atoms with Gasteiger partial charge >= 0.3 is 0 Å². The van der Waals surface area contributed by atoms with Crippen LogP contribution in [0.5, 0.6) is 0 Å². The maximum absolute atomic E-state index is 14.7. The largest absolute Gasteiger partial charge is 0.378 e. The van der Waals surface area contributed by atoms with Gasteiger partial charge in [0.2, 0.25) is 0 Å². The Morgan fingerprint density at radius 1 is 1.20 bits per heavy atom. The Bertz CT molecular complexity index is 1680. The number of hydrogen-bond acceptors (Lipinski definition) is 7. The van der Waals surface area contributed by atoms with E-state index in [2.05, 4.69) is 26.1 Å². The van der Waals surface area contributed by atoms with Crippen LogP contribution in [0, 0.1) is 22.6 Å². The van der Waals surface area contributed by atoms with Gasteiger partial charge in [0.05, 0.1) is 34.9 Å². The molecule has 0 spiro atoms. The first kappa shape index (κ1) is 33.2. The molecule has 2 aromatic carbocycles. The third-order valence-electron chi connectivity index (χ3n) is 9.64. The molecule has 2 heterocycles. The summed E-state index contributed by atoms with van der Waals surface area (Å²) < 4.78 is 56.6. The minimum atomic E-state index is -4.12. The summed E-state index contributed by atoms with van der Waals surface area (Å²) in [7, 11) is -4.12. The molecule has 3 fully saturated rings. The summed E-state index contributed by atoms with van der Waals surface area (Å²) in [4.78, 5) is 18.1. The molecule has 1 aromatic heterocycles. The Morgan fingerprint density at radius 2 is 1.89 bits per heavy atom. The molecule has 3 unspecified atom stereocenters. The number of fused-ring (bicyclic) bond motifs is 2. The van der Waals surface area contributed by atoms with E-state index in [0.717, 1.165) is 17.5 Å². The van der Waals surface area contributed by atoms with E-state index in [1.807, 2.05) is 62.1 Å². The zero-order chi connectivity index (χ0) is 32.6. The van der Waals surface area contributed by atoms with Gasteiger partial charge in [0.25, 0.3) is 16.0 Å². The quantitative estimate of drug-likeness (QED) is 0.146. The number of ketones is 1. The molecule has 45 heavy (non-hydrogen) atoms. The topological polar surface area (TPSA) is 148 Å². The second kappa shape index (κ2) is 12.9. The third-order valence-corrected chi connectivity index (χ3v) is 11.6. The van der Waals surface area contributed by atoms with Crippen LogP contribution in [0.3, 0.4) is 0 Å². The first-order chi connectivity index (χ1) is 21.2. The summed E-state index contributed by atoms with van der Waals surface area (Å²) in [6, 6.07) is 16.5. The zero-order valence-corrected chi connectivity index (χ0v) is 27.9. The van der Waals surface area contributed by atoms with E-state index in [-0.39, 0.29) is 33.7 Å². The smallest absolute Gasteiger partial charge is 0.265 e. The lowest BCUT2D eigenvalue weighted by molar-refractivity contribution is -0.127. The number of aliphatic imine (C=N–C) groups is 1. The Kier molecular flexibility index (Phi) is 9.55. The van der Waals surface area contributed by atoms with Gasteiger partial charge in [0.15, 0.2) is 11.7 Å². The number of morpholine rings is 1. The Morgan fingerprint density at radius 3 is 2.49 bits per heavy atom. The number of Topliss-reactive ketones (excluding diaryl/α,β-unsaturated/α-hetero) is 1. The molecule has 0 radical (unpaired) electrons. The van der Waals surface area contributed by atoms with Crippen LogP contribution < -0.4 is 5.73 Å². The molecule has 3 aliphatic rings. The van der Waals surface area contributed by atoms with Crippen LogP contribution in [-0.2, 0) is 19.6 Å². The van der Waals surface area contributed by atoms with Crippen molar-refractivity contribution in [2.24, 2.45) is 27.5 Å². The predicted octanol–water partition coefficient (Wildman–Crippen LogP) is 5.55. The molecule has 2 aliphatic carbocycles. The lowest BCUT2D eigenvalue weighted by Gasteiger charge is -2.35. The van der Waals surface area contributed by atoms with Crippen LogP contribution in [0.25, 0.3) is 11.1 Å². The molecule has 6 rings (SSSR count). The number of benzene rings is 2. The molecule has 242 valence electrons. The number of ether oxygens (including phenoxy) is 1. The van der Waals surface area contributed by atoms with Crippen molar-refractivity contribution in [2.75, 3.05) is 32.1 Å². The normalized spacial score (nSPS) is 25.2. The van der Waals surface area contributed by atoms with Crippen LogP contribution >= 0.6 is 15.9 Å². The zero-order valence-electron chi connectivity index (χ0n) is 25.4. The van der Waals surface area contributed by atoms with Crippen molar-refractivity contribution in [3.63, 3.8) is 0 Å². The SMILES string of the molecule is CC1(C)C2CCC1(CS(=O)(=O)O)C(=O)C2Br.C[C@H](c1ccc(-c2ccccc2)c(F)c1)c1cc(N=C(N)N2CCOCC2)on1. The molecule has 13 heteroatoms. The van der Waals surface area contributed by atoms with Crippen molar-refractivity contribution >= 4 is 43.7 Å². The van der Waals surface area contributed by atoms with Crippen LogP contribution in [0.15, 0.2) is 64.1 Å². The van der Waals surface area contributed by atoms with E-state index in [0.29, 0.717) is 55.8 Å². The van der Waals surface area contributed by atoms with Gasteiger partial charge in [-0.1, -0.05) is 84.3 Å². The Hall–Kier alpha value is -3.13. The molecule has 2 bridgehead atoms. The van der Waals surface area contributed by atoms with E-state index >= 15 is 0 Å². The van der Waals surface area contributed by atoms with E-state index < -0.39 is 21.3 Å². The van der Waals surface area contributed by atoms with E-state index in [4.69, 9.17) is 19.5 Å². The lowest BCUT2D eigenvalue weighted by atomic mass is 9.70. The van der Waals surface area contributed by atoms with Crippen molar-refractivity contribution < 1.29 is 31.4 Å². The van der Waals surface area contributed by atoms with E-state index in [1.165, 1.54) is 0 Å². The van der Waals surface area contributed by atoms with Crippen molar-refractivity contribution in [3.05, 3.63) is 71.7 Å². The summed E-state index contributed by atoms with van der Waals surface area (Å²) in [5.74, 6) is -0.0394. The standard InChI is InChI=1S/C22H23FN4O2.C10H15BrO4S/c1-15(17-7-8-18(19(23)13-17)16-5-3-2-4-6-16)20-14-21(29-26-20)25-22(24)27-9-11-28-12-10-27;1-9(2)6-3-4-10(9,5-16(13,14)15)8(12)7(6)11/h2-8,13-15H,9-12H2,1H3,(H2,24,25);6-7H,3-5H2,1-2H3,(H,13,14,15)/t15-;/m1./s1. The van der Waals surface area contributed by atoms with Crippen LogP contribution in [0.4, 0.5) is 10.3 Å². The fourth-order valence-corrected chi connectivity index (χ4v) is 9.46. The summed E-state index contributed by atoms with van der Waals surface area (Å²) in [5, 5.41) is 4.10. The van der Waals surface area contributed by atoms with Gasteiger partial charge in [0, 0.05) is 30.6 Å². The second-order valence-corrected chi connectivity index (χ2v) is 14.9. The van der Waals surface area contributed by atoms with E-state index in [9.17, 15) is 17.6 Å². The van der Waals surface area contributed by atoms with Gasteiger partial charge in [-0.2, -0.15) is 13.4 Å². The van der Waals surface area contributed by atoms with Crippen LogP contribution in [0.1, 0.15) is 50.8 Å². The number of rotatable bonds is 6. The molecule has 10 nitrogen and oxygen atoms in total. The van der Waals surface area contributed by atoms with Gasteiger partial charge in [-0.05, 0) is 41.4 Å². The molecular formula is C32H38BrFN4O6S. The molecule has 3 N–H and O–H groups in total. The van der Waals surface area contributed by atoms with Crippen LogP contribution in [0.2, 0.25) is 0 Å². The minimum absolute atomic E-state index is 0.0635. The van der Waals surface area contributed by atoms with Crippen molar-refractivity contribution in [3.8, 4) is 11.1 Å². The fourth-order valence-electron chi connectivity index (χ4n) is 6.81. The Labute approximate surface area is 271 Å². The number of hydrogen-bond donors (Lipinski definition) is 2. The highest BCUT2D eigenvalue weighted by Gasteiger charge is 2.69. The molecule has 4 atom stereocenters. The van der Waals surface area contributed by atoms with E-state index in [1.54, 1.807) is 18.2 Å². The number of guanidine groups is 1. The first-order valence-corrected chi connectivity index (χ1v) is 17.4. The summed E-state index contributed by atoms with van der Waals surface area (Å²) >= 11 is 3.35. The number of nitrogens with zero attached hydrogens (tertiary/aromatic N) is 3. The third kappa shape index (κ3) is 6.72. The van der Waals surface area contributed by atoms with Crippen molar-refractivity contribution in [2.45, 2.75) is 44.4 Å². The summed E-state index contributed by atoms with van der Waals surface area (Å²) in [6.45, 7) is 8.44. The maximum atomic E-state index is 14.7. The van der Waals surface area contributed by atoms with Crippen LogP contribution in [-0.4, -0.2) is 71.7 Å². The lowest BCUT2D eigenvalue weighted by Crippen LogP contribution is -2.44. The highest BCUT2D eigenvalue weighted by Crippen LogP contribution is 2.65. The number of carbonyl (C=O) groups excluding carboxylic acids is 1. The van der Waals surface area contributed by atoms with Gasteiger partial charge in [-0.15, -0.1) is 0 Å². The number of nitrogens with two attached hydrogens (primary N) is 1. The van der Waals surface area contributed by atoms with Gasteiger partial charge in [-0.3, -0.25) is 9.35 Å². The highest BCUT2D eigenvalue weighted by molar-refractivity contribution is 9.10. The average molecular weight is 706 g/mol. The molecule has 3 aromatic rings. The minimum Gasteiger partial charge on any atom is -0.378 e. The monoisotopic (exact) mass is 704 g/mol. The average Bonchev–Trinajstić information content (AvgIpc) is 3.61. The van der Waals surface area contributed by atoms with Gasteiger partial charge in [-0.25, -0.2) is 4.39 Å².